The highest BCUT2D eigenvalue weighted by Crippen LogP contribution is 2.23. The molecule has 2 aliphatic rings. The Morgan fingerprint density at radius 2 is 2.22 bits per heavy atom. The van der Waals surface area contributed by atoms with Crippen molar-refractivity contribution in [1.82, 2.24) is 14.2 Å². The van der Waals surface area contributed by atoms with Crippen molar-refractivity contribution in [1.29, 1.82) is 0 Å². The molecule has 1 atom stereocenters. The molecule has 18 heavy (non-hydrogen) atoms. The van der Waals surface area contributed by atoms with Gasteiger partial charge in [-0.1, -0.05) is 6.08 Å². The Morgan fingerprint density at radius 1 is 1.33 bits per heavy atom. The van der Waals surface area contributed by atoms with Crippen molar-refractivity contribution < 1.29 is 4.79 Å². The Hall–Kier alpha value is -0.720. The van der Waals surface area contributed by atoms with Crippen LogP contribution < -0.4 is 0 Å². The molecule has 3 rings (SSSR count). The molecule has 0 spiro atoms. The summed E-state index contributed by atoms with van der Waals surface area (Å²) in [5.74, 6) is 0.0342. The average Bonchev–Trinajstić information content (AvgIpc) is 2.56. The second-order valence-corrected chi connectivity index (χ2v) is 6.73. The summed E-state index contributed by atoms with van der Waals surface area (Å²) in [4.78, 5) is 16.8. The third kappa shape index (κ3) is 2.37. The maximum atomic E-state index is 12.5. The molecular formula is C12H14BrN3OS. The molecule has 2 aliphatic heterocycles. The summed E-state index contributed by atoms with van der Waals surface area (Å²) in [7, 11) is 0. The lowest BCUT2D eigenvalue weighted by atomic mass is 10.2. The van der Waals surface area contributed by atoms with Crippen LogP contribution in [0.5, 0.6) is 0 Å². The van der Waals surface area contributed by atoms with Crippen molar-refractivity contribution in [3.8, 4) is 0 Å². The zero-order valence-electron chi connectivity index (χ0n) is 9.93. The topological polar surface area (TPSA) is 36.4 Å². The molecule has 0 aromatic carbocycles. The van der Waals surface area contributed by atoms with Gasteiger partial charge in [0, 0.05) is 38.3 Å². The summed E-state index contributed by atoms with van der Waals surface area (Å²) >= 11 is 4.67. The van der Waals surface area contributed by atoms with Crippen molar-refractivity contribution in [2.24, 2.45) is 0 Å². The van der Waals surface area contributed by atoms with E-state index < -0.39 is 0 Å². The third-order valence-electron chi connectivity index (χ3n) is 3.44. The molecule has 0 radical (unpaired) electrons. The highest BCUT2D eigenvalue weighted by Gasteiger charge is 2.26. The summed E-state index contributed by atoms with van der Waals surface area (Å²) in [5.41, 5.74) is 1.72. The van der Waals surface area contributed by atoms with E-state index in [-0.39, 0.29) is 5.91 Å². The molecule has 1 fully saturated rings. The van der Waals surface area contributed by atoms with E-state index in [4.69, 9.17) is 0 Å². The summed E-state index contributed by atoms with van der Waals surface area (Å²) < 4.78 is 5.09. The average molecular weight is 328 g/mol. The fourth-order valence-electron chi connectivity index (χ4n) is 2.48. The predicted octanol–water partition coefficient (Wildman–Crippen LogP) is 2.34. The van der Waals surface area contributed by atoms with E-state index in [1.807, 2.05) is 4.90 Å². The summed E-state index contributed by atoms with van der Waals surface area (Å²) in [6.07, 6.45) is 4.22. The van der Waals surface area contributed by atoms with Gasteiger partial charge in [-0.2, -0.15) is 4.37 Å². The first-order chi connectivity index (χ1) is 8.74. The number of amides is 1. The van der Waals surface area contributed by atoms with Gasteiger partial charge >= 0.3 is 0 Å². The summed E-state index contributed by atoms with van der Waals surface area (Å²) in [6.45, 7) is 3.93. The van der Waals surface area contributed by atoms with Crippen LogP contribution in [0.3, 0.4) is 0 Å². The van der Waals surface area contributed by atoms with Crippen LogP contribution in [0, 0.1) is 0 Å². The largest absolute Gasteiger partial charge is 0.310 e. The smallest absolute Gasteiger partial charge is 0.277 e. The molecule has 0 aliphatic carbocycles. The van der Waals surface area contributed by atoms with E-state index in [1.165, 1.54) is 17.2 Å². The molecule has 3 heterocycles. The SMILES string of the molecule is O=C(c1cc(Br)sn1)N1CCN2CCC=C1CC2. The van der Waals surface area contributed by atoms with Gasteiger partial charge in [-0.25, -0.2) is 0 Å². The van der Waals surface area contributed by atoms with E-state index in [2.05, 4.69) is 31.3 Å². The van der Waals surface area contributed by atoms with Crippen LogP contribution in [0.4, 0.5) is 0 Å². The Kier molecular flexibility index (Phi) is 3.50. The Balaban J connectivity index is 1.86. The third-order valence-corrected chi connectivity index (χ3v) is 4.69. The fraction of sp³-hybridized carbons (Fsp3) is 0.500. The highest BCUT2D eigenvalue weighted by atomic mass is 79.9. The molecule has 4 nitrogen and oxygen atoms in total. The summed E-state index contributed by atoms with van der Waals surface area (Å²) in [5, 5.41) is 0. The molecule has 0 saturated carbocycles. The lowest BCUT2D eigenvalue weighted by Gasteiger charge is -2.24. The van der Waals surface area contributed by atoms with Gasteiger partial charge in [0.15, 0.2) is 0 Å². The number of hydrogen-bond acceptors (Lipinski definition) is 4. The molecule has 0 N–H and O–H groups in total. The van der Waals surface area contributed by atoms with Gasteiger partial charge in [-0.05, 0) is 39.9 Å². The number of aromatic nitrogens is 1. The van der Waals surface area contributed by atoms with Crippen LogP contribution in [0.1, 0.15) is 23.3 Å². The molecule has 2 bridgehead atoms. The predicted molar refractivity (Wildman–Crippen MR) is 74.6 cm³/mol. The Bertz CT molecular complexity index is 499. The minimum atomic E-state index is 0.0342. The van der Waals surface area contributed by atoms with E-state index >= 15 is 0 Å². The van der Waals surface area contributed by atoms with Gasteiger partial charge in [-0.3, -0.25) is 4.79 Å². The van der Waals surface area contributed by atoms with Crippen LogP contribution >= 0.6 is 27.5 Å². The van der Waals surface area contributed by atoms with Gasteiger partial charge in [0.05, 0.1) is 3.79 Å². The second kappa shape index (κ2) is 5.11. The van der Waals surface area contributed by atoms with Crippen molar-refractivity contribution in [3.63, 3.8) is 0 Å². The lowest BCUT2D eigenvalue weighted by Crippen LogP contribution is -2.36. The van der Waals surface area contributed by atoms with E-state index in [0.717, 1.165) is 42.8 Å². The van der Waals surface area contributed by atoms with Crippen molar-refractivity contribution in [3.05, 3.63) is 27.3 Å². The van der Waals surface area contributed by atoms with Gasteiger partial charge in [0.1, 0.15) is 5.69 Å². The summed E-state index contributed by atoms with van der Waals surface area (Å²) in [6, 6.07) is 1.80. The molecule has 1 saturated heterocycles. The number of nitrogens with zero attached hydrogens (tertiary/aromatic N) is 3. The van der Waals surface area contributed by atoms with Crippen molar-refractivity contribution in [2.75, 3.05) is 26.2 Å². The molecule has 1 amide bonds. The number of rotatable bonds is 1. The normalized spacial score (nSPS) is 23.5. The Labute approximate surface area is 119 Å². The van der Waals surface area contributed by atoms with Crippen molar-refractivity contribution in [2.45, 2.75) is 12.8 Å². The molecule has 1 unspecified atom stereocenters. The standard InChI is InChI=1S/C12H14BrN3OS/c13-11-8-10(14-18-11)12(17)16-7-6-15-4-1-2-9(16)3-5-15/h2,8H,1,3-7H2. The first kappa shape index (κ1) is 12.3. The minimum Gasteiger partial charge on any atom is -0.310 e. The van der Waals surface area contributed by atoms with E-state index in [0.29, 0.717) is 5.69 Å². The molecular weight excluding hydrogens is 314 g/mol. The molecule has 1 aromatic heterocycles. The van der Waals surface area contributed by atoms with Crippen molar-refractivity contribution >= 4 is 33.4 Å². The number of hydrogen-bond donors (Lipinski definition) is 0. The zero-order chi connectivity index (χ0) is 12.5. The van der Waals surface area contributed by atoms with Crippen LogP contribution in [0.25, 0.3) is 0 Å². The minimum absolute atomic E-state index is 0.0342. The molecule has 96 valence electrons. The molecule has 1 aromatic rings. The van der Waals surface area contributed by atoms with Crippen LogP contribution in [0.15, 0.2) is 21.6 Å². The van der Waals surface area contributed by atoms with Crippen LogP contribution in [-0.2, 0) is 0 Å². The van der Waals surface area contributed by atoms with Gasteiger partial charge in [0.25, 0.3) is 5.91 Å². The second-order valence-electron chi connectivity index (χ2n) is 4.55. The zero-order valence-corrected chi connectivity index (χ0v) is 12.3. The lowest BCUT2D eigenvalue weighted by molar-refractivity contribution is 0.0795. The first-order valence-corrected chi connectivity index (χ1v) is 7.66. The number of fused-ring (bicyclic) bond motifs is 3. The van der Waals surface area contributed by atoms with E-state index in [1.54, 1.807) is 6.07 Å². The first-order valence-electron chi connectivity index (χ1n) is 6.09. The molecule has 6 heteroatoms. The van der Waals surface area contributed by atoms with Gasteiger partial charge < -0.3 is 9.80 Å². The number of carbonyl (C=O) groups is 1. The van der Waals surface area contributed by atoms with Gasteiger partial charge in [-0.15, -0.1) is 0 Å². The van der Waals surface area contributed by atoms with E-state index in [9.17, 15) is 4.79 Å². The monoisotopic (exact) mass is 327 g/mol. The number of carbonyl (C=O) groups excluding carboxylic acids is 1. The number of halogens is 1. The highest BCUT2D eigenvalue weighted by molar-refractivity contribution is 9.11. The van der Waals surface area contributed by atoms with Crippen LogP contribution in [0.2, 0.25) is 0 Å². The fourth-order valence-corrected chi connectivity index (χ4v) is 3.39. The quantitative estimate of drug-likeness (QED) is 0.794. The maximum Gasteiger partial charge on any atom is 0.277 e. The Morgan fingerprint density at radius 3 is 3.00 bits per heavy atom. The van der Waals surface area contributed by atoms with Gasteiger partial charge in [0.2, 0.25) is 0 Å². The van der Waals surface area contributed by atoms with Crippen LogP contribution in [-0.4, -0.2) is 46.3 Å². The maximum absolute atomic E-state index is 12.5.